The number of halogens is 9. The third kappa shape index (κ3) is 22.1. The Hall–Kier alpha value is -7.19. The van der Waals surface area contributed by atoms with Gasteiger partial charge >= 0.3 is 0 Å². The van der Waals surface area contributed by atoms with Crippen LogP contribution < -0.4 is 47.4 Å². The number of benzene rings is 10. The number of hydrogen-bond acceptors (Lipinski definition) is 10. The Morgan fingerprint density at radius 3 is 0.324 bits per heavy atom. The van der Waals surface area contributed by atoms with Gasteiger partial charge in [-0.2, -0.15) is 0 Å². The van der Waals surface area contributed by atoms with Crippen molar-refractivity contribution in [1.82, 2.24) is 0 Å². The Bertz CT molecular complexity index is 4840. The molecule has 142 heavy (non-hydrogen) atoms. The van der Waals surface area contributed by atoms with Crippen LogP contribution >= 0.6 is 104 Å². The number of fused-ring (bicyclic) bond motifs is 15. The van der Waals surface area contributed by atoms with Gasteiger partial charge in [-0.15, -0.1) is 0 Å². The lowest BCUT2D eigenvalue weighted by Gasteiger charge is -2.34. The van der Waals surface area contributed by atoms with E-state index in [0.717, 1.165) is 250 Å². The van der Waals surface area contributed by atoms with E-state index in [2.05, 4.69) is 191 Å². The highest BCUT2D eigenvalue weighted by atomic mass is 35.6. The summed E-state index contributed by atoms with van der Waals surface area (Å²) in [5, 5.41) is 0. The molecule has 0 fully saturated rings. The van der Waals surface area contributed by atoms with Crippen molar-refractivity contribution in [3.05, 3.63) is 233 Å². The molecule has 20 bridgehead atoms. The van der Waals surface area contributed by atoms with Crippen molar-refractivity contribution in [2.75, 3.05) is 71.1 Å². The first-order valence-electron chi connectivity index (χ1n) is 52.5. The number of hydrogen-bond donors (Lipinski definition) is 0. The predicted octanol–water partition coefficient (Wildman–Crippen LogP) is 37.2. The van der Waals surface area contributed by atoms with Crippen LogP contribution in [-0.4, -0.2) is 84.0 Å². The summed E-state index contributed by atoms with van der Waals surface area (Å²) in [4.78, 5) is 0. The van der Waals surface area contributed by atoms with Crippen molar-refractivity contribution in [3.8, 4) is 113 Å². The molecule has 0 N–H and O–H groups in total. The first-order valence-corrected chi connectivity index (χ1v) is 56.5. The van der Waals surface area contributed by atoms with E-state index >= 15 is 0 Å². The molecular formula is C123H153Cl9O10. The number of alkyl halides is 9. The number of ether oxygens (including phenoxy) is 10. The Morgan fingerprint density at radius 1 is 0.169 bits per heavy atom. The van der Waals surface area contributed by atoms with E-state index in [1.165, 1.54) is 167 Å². The van der Waals surface area contributed by atoms with Crippen LogP contribution in [0.15, 0.2) is 121 Å². The van der Waals surface area contributed by atoms with E-state index < -0.39 is 12.9 Å². The van der Waals surface area contributed by atoms with Crippen LogP contribution in [0.3, 0.4) is 0 Å². The van der Waals surface area contributed by atoms with Crippen LogP contribution in [0.5, 0.6) is 57.5 Å². The number of rotatable bonds is 40. The van der Waals surface area contributed by atoms with Crippen LogP contribution in [0, 0.1) is 0 Å². The van der Waals surface area contributed by atoms with Crippen LogP contribution in [-0.2, 0) is 59.2 Å². The summed E-state index contributed by atoms with van der Waals surface area (Å²) in [5.74, 6) is 8.88. The monoisotopic (exact) mass is 2100 g/mol. The minimum Gasteiger partial charge on any atom is -0.496 e. The van der Waals surface area contributed by atoms with Crippen LogP contribution in [0.25, 0.3) is 55.6 Å². The lowest BCUT2D eigenvalue weighted by molar-refractivity contribution is 0.397. The highest BCUT2D eigenvalue weighted by Crippen LogP contribution is 2.65. The molecule has 19 heteroatoms. The van der Waals surface area contributed by atoms with Crippen molar-refractivity contribution >= 4 is 104 Å². The highest BCUT2D eigenvalue weighted by Gasteiger charge is 2.51. The number of methoxy groups -OCH3 is 10. The van der Waals surface area contributed by atoms with E-state index in [9.17, 15) is 0 Å². The largest absolute Gasteiger partial charge is 0.496 e. The molecular weight excluding hydrogens is 1960 g/mol. The summed E-state index contributed by atoms with van der Waals surface area (Å²) in [6.07, 6.45) is 35.2. The molecule has 0 atom stereocenters. The fourth-order valence-electron chi connectivity index (χ4n) is 25.6. The van der Waals surface area contributed by atoms with Crippen LogP contribution in [0.1, 0.15) is 373 Å². The summed E-state index contributed by atoms with van der Waals surface area (Å²) in [6, 6.07) is 49.7. The minimum atomic E-state index is -0.750. The zero-order chi connectivity index (χ0) is 102. The molecule has 0 heterocycles. The van der Waals surface area contributed by atoms with E-state index in [1.54, 1.807) is 0 Å². The van der Waals surface area contributed by atoms with E-state index in [-0.39, 0.29) is 27.1 Å². The molecule has 768 valence electrons. The first kappa shape index (κ1) is 112. The Kier molecular flexibility index (Phi) is 39.6. The molecule has 0 spiro atoms. The smallest absolute Gasteiger partial charge is 0.180 e. The average Bonchev–Trinajstić information content (AvgIpc) is 1.56. The van der Waals surface area contributed by atoms with Crippen LogP contribution in [0.2, 0.25) is 0 Å². The molecule has 0 saturated heterocycles. The lowest BCUT2D eigenvalue weighted by atomic mass is 9.69. The molecule has 0 saturated carbocycles. The molecule has 10 aromatic carbocycles. The molecule has 0 unspecified atom stereocenters. The zero-order valence-corrected chi connectivity index (χ0v) is 94.8. The third-order valence-electron chi connectivity index (χ3n) is 32.3. The fourth-order valence-corrected chi connectivity index (χ4v) is 25.6. The third-order valence-corrected chi connectivity index (χ3v) is 32.3. The molecule has 0 aromatic heterocycles. The minimum absolute atomic E-state index is 0.280. The van der Waals surface area contributed by atoms with Crippen molar-refractivity contribution in [2.45, 2.75) is 334 Å². The molecule has 6 aliphatic rings. The molecule has 6 aliphatic carbocycles. The van der Waals surface area contributed by atoms with Crippen LogP contribution in [0.4, 0.5) is 0 Å². The molecule has 0 aliphatic heterocycles. The zero-order valence-electron chi connectivity index (χ0n) is 88.0. The summed E-state index contributed by atoms with van der Waals surface area (Å²) in [6.45, 7) is 23.6. The molecule has 16 rings (SSSR count). The van der Waals surface area contributed by atoms with Gasteiger partial charge in [0.15, 0.2) is 12.9 Å². The molecule has 0 amide bonds. The van der Waals surface area contributed by atoms with Gasteiger partial charge in [-0.05, 0) is 292 Å². The predicted molar refractivity (Wildman–Crippen MR) is 602 cm³/mol. The Labute approximate surface area is 895 Å². The van der Waals surface area contributed by atoms with Crippen molar-refractivity contribution < 1.29 is 47.4 Å². The molecule has 0 radical (unpaired) electrons. The second-order valence-corrected chi connectivity index (χ2v) is 46.1. The maximum absolute atomic E-state index is 6.76. The van der Waals surface area contributed by atoms with Gasteiger partial charge in [-0.1, -0.05) is 363 Å². The Morgan fingerprint density at radius 2 is 0.254 bits per heavy atom. The van der Waals surface area contributed by atoms with E-state index in [0.29, 0.717) is 32.1 Å². The van der Waals surface area contributed by atoms with Gasteiger partial charge < -0.3 is 47.4 Å². The fraction of sp³-hybridized carbons (Fsp3) is 0.512. The van der Waals surface area contributed by atoms with Crippen molar-refractivity contribution in [3.63, 3.8) is 0 Å². The Balaban J connectivity index is 0.00000134. The average molecular weight is 2110 g/mol. The van der Waals surface area contributed by atoms with Gasteiger partial charge in [0.05, 0.1) is 71.1 Å². The van der Waals surface area contributed by atoms with E-state index in [1.807, 2.05) is 71.1 Å². The summed E-state index contributed by atoms with van der Waals surface area (Å²) in [5.41, 5.74) is 36.7. The van der Waals surface area contributed by atoms with Crippen molar-refractivity contribution in [1.29, 1.82) is 0 Å². The second kappa shape index (κ2) is 50.2. The summed E-state index contributed by atoms with van der Waals surface area (Å²) >= 11 is 43.3. The first-order chi connectivity index (χ1) is 68.6. The standard InChI is InChI=1S/C120H150O10.3CHCl3/c1-21-31-41-116(42-32-22-2)96-56-76-51-78-58-98-88(68-108(78)123-13)90-70-110(125-15)80(60-100(90)117(98,43-33-23-3)44-34-24-4)53-82-62-102-92(72-112(82)127-17)94-74-114(129-19)84(64-104(94)119(102,47-37-27-7)48-38-28-8)55-85-65-105-95(75-115(85)130-20)93-73-113(128-18)83(63-103(93)120(105,49-39-29-9)50-40-30-10)54-81-61-101-91(71-111(81)126-16)89-69-109(124-14)79(59-99(89)118(101,45-35-25-5)46-36-26-6)52-77-57-97(116)87(67-107(77)122-12)86(96)66-106(76)121-11;3*2-1(3)4/h56-75H,21-55H2,1-20H3;3*1H. The highest BCUT2D eigenvalue weighted by molar-refractivity contribution is 6.63. The quantitative estimate of drug-likeness (QED) is 0.0346. The summed E-state index contributed by atoms with van der Waals surface area (Å²) < 4.78 is 65.3. The summed E-state index contributed by atoms with van der Waals surface area (Å²) in [7, 11) is 18.7. The van der Waals surface area contributed by atoms with Gasteiger partial charge in [0.1, 0.15) is 57.5 Å². The molecule has 10 aromatic rings. The maximum atomic E-state index is 6.76. The maximum Gasteiger partial charge on any atom is 0.180 e. The second-order valence-electron chi connectivity index (χ2n) is 40.2. The number of unbranched alkanes of at least 4 members (excludes halogenated alkanes) is 10. The lowest BCUT2D eigenvalue weighted by Crippen LogP contribution is -2.26. The van der Waals surface area contributed by atoms with Gasteiger partial charge in [0, 0.05) is 59.2 Å². The topological polar surface area (TPSA) is 92.3 Å². The van der Waals surface area contributed by atoms with E-state index in [4.69, 9.17) is 152 Å². The molecule has 10 nitrogen and oxygen atoms in total. The van der Waals surface area contributed by atoms with Gasteiger partial charge in [-0.25, -0.2) is 0 Å². The SMILES string of the molecule is CCCCC1(CCCC)c2cc3c(OC)cc2-c2cc(OC)c(cc21)Cc1cc2c(cc1OC)-c1cc(OC)c(cc1C2(CCCC)CCCC)Cc1cc2c(cc1OC)-c1cc(OC)c(cc1C2(CCCC)CCCC)Cc1cc2c(cc1OC)-c1cc(OC)c(cc1C2(CCCC)CCCC)Cc1cc2c(cc1OC)-c1cc(OC)c(cc1C2(CCCC)CCCC)C3.ClC(Cl)Cl.ClC(Cl)Cl.ClC(Cl)Cl. The van der Waals surface area contributed by atoms with Gasteiger partial charge in [0.25, 0.3) is 0 Å². The van der Waals surface area contributed by atoms with Crippen molar-refractivity contribution in [2.24, 2.45) is 0 Å². The van der Waals surface area contributed by atoms with Gasteiger partial charge in [-0.3, -0.25) is 0 Å². The normalized spacial score (nSPS) is 14.7. The van der Waals surface area contributed by atoms with Gasteiger partial charge in [0.2, 0.25) is 0 Å².